The standard InChI is InChI=1S/C22H22F3N7OS.C11H16N4S.C8H6F3N5/c1-12(31(3)4)18-15(11-27-21-19(18)30-13(2)34-21)9-16(33)7-14-8-17(22(23,24)25)20(26-10-14)32-28-5-6-29-32;1-6(15(3)4)9-8(12)5-13-11-10(9)14-7(2)16-11;9-8(10,11)6-3-5(12)4-13-7(6)16-14-1-2-15-16/h5-6,8,10-12H,7,9H2,1-4H3;5-6H,12H2,1-4H3;1-4H,12H2. The highest BCUT2D eigenvalue weighted by atomic mass is 32.1. The van der Waals surface area contributed by atoms with Crippen LogP contribution in [0.3, 0.4) is 0 Å². The second kappa shape index (κ2) is 19.9. The fraction of sp³-hybridized carbons (Fsp3) is 0.341. The first-order valence-corrected chi connectivity index (χ1v) is 21.4. The number of aromatic nitrogens is 12. The maximum absolute atomic E-state index is 13.7. The number of nitrogens with two attached hydrogens (primary N) is 2. The number of thiazole rings is 2. The largest absolute Gasteiger partial charge is 0.420 e. The van der Waals surface area contributed by atoms with Crippen molar-refractivity contribution in [1.29, 1.82) is 0 Å². The van der Waals surface area contributed by atoms with Crippen LogP contribution < -0.4 is 11.5 Å². The summed E-state index contributed by atoms with van der Waals surface area (Å²) in [6.07, 6.45) is 1.41. The molecule has 0 aromatic carbocycles. The molecule has 0 fully saturated rings. The molecule has 0 aliphatic carbocycles. The van der Waals surface area contributed by atoms with Crippen molar-refractivity contribution in [2.75, 3.05) is 39.7 Å². The SMILES string of the molecule is Cc1nc2c(C(C)N(C)C)c(CC(=O)Cc3cnc(-n4nccn4)c(C(F)(F)F)c3)cnc2s1.Cc1nc2c(C(C)N(C)C)c(N)cnc2s1.Nc1cnc(-n2nccn2)c(C(F)(F)F)c1. The van der Waals surface area contributed by atoms with Gasteiger partial charge in [-0.25, -0.2) is 29.9 Å². The number of carbonyl (C=O) groups is 1. The van der Waals surface area contributed by atoms with Gasteiger partial charge in [-0.05, 0) is 79.1 Å². The fourth-order valence-electron chi connectivity index (χ4n) is 6.57. The number of carbonyl (C=O) groups excluding carboxylic acids is 1. The number of Topliss-reactive ketones (excluding diaryl/α,β-unsaturated/α-hetero) is 1. The Morgan fingerprint density at radius 2 is 1.11 bits per heavy atom. The van der Waals surface area contributed by atoms with E-state index in [1.807, 2.05) is 53.9 Å². The zero-order chi connectivity index (χ0) is 48.2. The molecule has 0 aliphatic rings. The molecule has 0 saturated carbocycles. The van der Waals surface area contributed by atoms with Crippen molar-refractivity contribution < 1.29 is 31.1 Å². The highest BCUT2D eigenvalue weighted by Crippen LogP contribution is 2.36. The Bertz CT molecular complexity index is 2930. The molecule has 0 spiro atoms. The summed E-state index contributed by atoms with van der Waals surface area (Å²) in [5, 5.41) is 16.6. The molecular formula is C41H44F6N16OS2. The van der Waals surface area contributed by atoms with E-state index in [0.717, 1.165) is 75.4 Å². The van der Waals surface area contributed by atoms with Gasteiger partial charge in [0.05, 0.1) is 58.6 Å². The van der Waals surface area contributed by atoms with Crippen LogP contribution in [0.5, 0.6) is 0 Å². The Balaban J connectivity index is 0.000000186. The summed E-state index contributed by atoms with van der Waals surface area (Å²) in [5.74, 6) is -1.09. The van der Waals surface area contributed by atoms with Gasteiger partial charge in [0.15, 0.2) is 11.6 Å². The van der Waals surface area contributed by atoms with Crippen molar-refractivity contribution in [3.63, 3.8) is 0 Å². The minimum atomic E-state index is -4.68. The number of nitrogen functional groups attached to an aromatic ring is 2. The van der Waals surface area contributed by atoms with E-state index in [1.165, 1.54) is 42.3 Å². The van der Waals surface area contributed by atoms with E-state index in [4.69, 9.17) is 11.5 Å². The van der Waals surface area contributed by atoms with E-state index in [2.05, 4.69) is 62.1 Å². The third kappa shape index (κ3) is 11.3. The van der Waals surface area contributed by atoms with Crippen LogP contribution in [0.1, 0.15) is 69.3 Å². The highest BCUT2D eigenvalue weighted by Gasteiger charge is 2.37. The lowest BCUT2D eigenvalue weighted by atomic mass is 9.96. The molecule has 17 nitrogen and oxygen atoms in total. The predicted molar refractivity (Wildman–Crippen MR) is 238 cm³/mol. The van der Waals surface area contributed by atoms with Crippen LogP contribution in [0.2, 0.25) is 0 Å². The highest BCUT2D eigenvalue weighted by molar-refractivity contribution is 7.18. The van der Waals surface area contributed by atoms with Gasteiger partial charge in [-0.1, -0.05) is 22.7 Å². The van der Waals surface area contributed by atoms with E-state index in [9.17, 15) is 31.1 Å². The van der Waals surface area contributed by atoms with E-state index in [-0.39, 0.29) is 42.0 Å². The second-order valence-electron chi connectivity index (χ2n) is 15.3. The van der Waals surface area contributed by atoms with E-state index in [1.54, 1.807) is 23.7 Å². The van der Waals surface area contributed by atoms with E-state index < -0.39 is 35.1 Å². The molecule has 66 heavy (non-hydrogen) atoms. The average molecular weight is 955 g/mol. The van der Waals surface area contributed by atoms with Gasteiger partial charge in [0.1, 0.15) is 37.6 Å². The number of hydrogen-bond acceptors (Lipinski definition) is 17. The molecule has 0 aliphatic heterocycles. The maximum atomic E-state index is 13.7. The fourth-order valence-corrected chi connectivity index (χ4v) is 8.12. The Labute approximate surface area is 381 Å². The number of fused-ring (bicyclic) bond motifs is 2. The minimum absolute atomic E-state index is 0.0246. The zero-order valence-corrected chi connectivity index (χ0v) is 38.4. The lowest BCUT2D eigenvalue weighted by molar-refractivity contribution is -0.138. The third-order valence-electron chi connectivity index (χ3n) is 10.1. The first-order chi connectivity index (χ1) is 31.0. The summed E-state index contributed by atoms with van der Waals surface area (Å²) in [6.45, 7) is 8.03. The summed E-state index contributed by atoms with van der Waals surface area (Å²) in [6, 6.07) is 1.94. The zero-order valence-electron chi connectivity index (χ0n) is 36.8. The van der Waals surface area contributed by atoms with Crippen LogP contribution in [0, 0.1) is 13.8 Å². The molecule has 8 aromatic heterocycles. The summed E-state index contributed by atoms with van der Waals surface area (Å²) >= 11 is 3.08. The Morgan fingerprint density at radius 1 is 0.652 bits per heavy atom. The number of halogens is 6. The van der Waals surface area contributed by atoms with Crippen LogP contribution in [0.4, 0.5) is 37.7 Å². The lowest BCUT2D eigenvalue weighted by Gasteiger charge is -2.23. The second-order valence-corrected chi connectivity index (χ2v) is 17.6. The van der Waals surface area contributed by atoms with Gasteiger partial charge in [0, 0.05) is 48.4 Å². The average Bonchev–Trinajstić information content (AvgIpc) is 4.08. The Kier molecular flexibility index (Phi) is 14.7. The first kappa shape index (κ1) is 48.9. The van der Waals surface area contributed by atoms with Gasteiger partial charge in [0.25, 0.3) is 0 Å². The van der Waals surface area contributed by atoms with Crippen LogP contribution in [-0.4, -0.2) is 104 Å². The van der Waals surface area contributed by atoms with Gasteiger partial charge in [-0.15, -0.1) is 9.59 Å². The topological polar surface area (TPSA) is 214 Å². The number of pyridine rings is 4. The van der Waals surface area contributed by atoms with Gasteiger partial charge >= 0.3 is 12.4 Å². The van der Waals surface area contributed by atoms with Crippen molar-refractivity contribution >= 4 is 60.5 Å². The molecule has 0 bridgehead atoms. The summed E-state index contributed by atoms with van der Waals surface area (Å²) in [5.41, 5.74) is 14.5. The van der Waals surface area contributed by atoms with Crippen molar-refractivity contribution in [2.24, 2.45) is 0 Å². The number of anilines is 2. The van der Waals surface area contributed by atoms with Gasteiger partial charge in [-0.3, -0.25) is 4.79 Å². The van der Waals surface area contributed by atoms with E-state index >= 15 is 0 Å². The molecule has 8 heterocycles. The summed E-state index contributed by atoms with van der Waals surface area (Å²) in [7, 11) is 7.94. The smallest absolute Gasteiger partial charge is 0.397 e. The lowest BCUT2D eigenvalue weighted by Crippen LogP contribution is -2.20. The Morgan fingerprint density at radius 3 is 1.61 bits per heavy atom. The third-order valence-corrected chi connectivity index (χ3v) is 11.8. The molecule has 2 unspecified atom stereocenters. The monoisotopic (exact) mass is 954 g/mol. The van der Waals surface area contributed by atoms with Crippen LogP contribution in [0.15, 0.2) is 61.7 Å². The normalized spacial score (nSPS) is 12.8. The number of alkyl halides is 6. The molecule has 25 heteroatoms. The molecule has 4 N–H and O–H groups in total. The van der Waals surface area contributed by atoms with Crippen LogP contribution >= 0.6 is 22.7 Å². The van der Waals surface area contributed by atoms with E-state index in [0.29, 0.717) is 5.56 Å². The number of aryl methyl sites for hydroxylation is 2. The molecule has 0 saturated heterocycles. The number of ketones is 1. The van der Waals surface area contributed by atoms with Gasteiger partial charge in [0.2, 0.25) is 0 Å². The molecule has 0 amide bonds. The molecule has 348 valence electrons. The summed E-state index contributed by atoms with van der Waals surface area (Å²) < 4.78 is 78.9. The van der Waals surface area contributed by atoms with Gasteiger partial charge < -0.3 is 21.3 Å². The van der Waals surface area contributed by atoms with Crippen LogP contribution in [0.25, 0.3) is 32.3 Å². The van der Waals surface area contributed by atoms with Crippen molar-refractivity contribution in [3.05, 3.63) is 105 Å². The first-order valence-electron chi connectivity index (χ1n) is 19.8. The minimum Gasteiger partial charge on any atom is -0.397 e. The van der Waals surface area contributed by atoms with Crippen molar-refractivity contribution in [3.8, 4) is 11.6 Å². The molecule has 8 rings (SSSR count). The van der Waals surface area contributed by atoms with Crippen molar-refractivity contribution in [1.82, 2.24) is 69.7 Å². The molecule has 0 radical (unpaired) electrons. The Hall–Kier alpha value is -6.57. The quantitative estimate of drug-likeness (QED) is 0.128. The van der Waals surface area contributed by atoms with Crippen LogP contribution in [-0.2, 0) is 30.0 Å². The number of nitrogens with zero attached hydrogens (tertiary/aromatic N) is 14. The molecule has 2 atom stereocenters. The summed E-state index contributed by atoms with van der Waals surface area (Å²) in [4.78, 5) is 45.8. The molecule has 8 aromatic rings. The number of rotatable bonds is 10. The number of hydrogen-bond donors (Lipinski definition) is 2. The molecular weight excluding hydrogens is 911 g/mol. The maximum Gasteiger partial charge on any atom is 0.420 e. The van der Waals surface area contributed by atoms with Crippen molar-refractivity contribution in [2.45, 2.75) is 65.0 Å². The predicted octanol–water partition coefficient (Wildman–Crippen LogP) is 7.44. The van der Waals surface area contributed by atoms with Gasteiger partial charge in [-0.2, -0.15) is 46.7 Å².